The van der Waals surface area contributed by atoms with Crippen LogP contribution in [0.15, 0.2) is 49.1 Å². The van der Waals surface area contributed by atoms with Gasteiger partial charge in [0, 0.05) is 79.4 Å². The van der Waals surface area contributed by atoms with Crippen LogP contribution in [0.4, 0.5) is 5.82 Å². The number of anilines is 1. The minimum absolute atomic E-state index is 0.771. The number of fused-ring (bicyclic) bond motifs is 2. The normalized spacial score (nSPS) is 17.1. The highest BCUT2D eigenvalue weighted by atomic mass is 15.3. The summed E-state index contributed by atoms with van der Waals surface area (Å²) in [7, 11) is 2.17. The van der Waals surface area contributed by atoms with Gasteiger partial charge in [-0.3, -0.25) is 10.1 Å². The van der Waals surface area contributed by atoms with Crippen molar-refractivity contribution in [1.82, 2.24) is 40.3 Å². The molecule has 0 bridgehead atoms. The van der Waals surface area contributed by atoms with E-state index in [2.05, 4.69) is 60.5 Å². The van der Waals surface area contributed by atoms with Gasteiger partial charge >= 0.3 is 0 Å². The summed E-state index contributed by atoms with van der Waals surface area (Å²) in [5.41, 5.74) is 6.95. The molecular formula is C30H35N9. The molecule has 1 aliphatic heterocycles. The third-order valence-electron chi connectivity index (χ3n) is 8.37. The van der Waals surface area contributed by atoms with Gasteiger partial charge in [0.2, 0.25) is 0 Å². The first kappa shape index (κ1) is 24.2. The number of hydrogen-bond acceptors (Lipinski definition) is 7. The Morgan fingerprint density at radius 1 is 0.949 bits per heavy atom. The van der Waals surface area contributed by atoms with E-state index in [1.165, 1.54) is 31.2 Å². The molecular weight excluding hydrogens is 486 g/mol. The van der Waals surface area contributed by atoms with E-state index in [1.807, 2.05) is 30.9 Å². The molecule has 0 aromatic carbocycles. The quantitative estimate of drug-likeness (QED) is 0.288. The van der Waals surface area contributed by atoms with Gasteiger partial charge in [0.1, 0.15) is 11.5 Å². The first-order chi connectivity index (χ1) is 19.2. The van der Waals surface area contributed by atoms with Crippen LogP contribution in [-0.4, -0.2) is 74.8 Å². The van der Waals surface area contributed by atoms with Crippen molar-refractivity contribution in [2.45, 2.75) is 32.2 Å². The van der Waals surface area contributed by atoms with Crippen molar-refractivity contribution in [3.05, 3.63) is 54.6 Å². The van der Waals surface area contributed by atoms with Crippen LogP contribution in [-0.2, 0) is 6.54 Å². The largest absolute Gasteiger partial charge is 0.353 e. The molecule has 0 amide bonds. The van der Waals surface area contributed by atoms with E-state index in [-0.39, 0.29) is 0 Å². The highest BCUT2D eigenvalue weighted by Gasteiger charge is 2.20. The summed E-state index contributed by atoms with van der Waals surface area (Å²) in [6.07, 6.45) is 13.1. The van der Waals surface area contributed by atoms with Gasteiger partial charge in [-0.1, -0.05) is 12.8 Å². The topological polar surface area (TPSA) is 102 Å². The zero-order valence-electron chi connectivity index (χ0n) is 22.5. The third kappa shape index (κ3) is 4.88. The number of rotatable bonds is 7. The second-order valence-corrected chi connectivity index (χ2v) is 11.1. The average Bonchev–Trinajstić information content (AvgIpc) is 3.73. The summed E-state index contributed by atoms with van der Waals surface area (Å²) in [5, 5.41) is 13.5. The Morgan fingerprint density at radius 2 is 1.79 bits per heavy atom. The lowest BCUT2D eigenvalue weighted by Gasteiger charge is -2.33. The molecule has 1 saturated heterocycles. The van der Waals surface area contributed by atoms with Crippen LogP contribution >= 0.6 is 0 Å². The van der Waals surface area contributed by atoms with Gasteiger partial charge in [-0.25, -0.2) is 9.97 Å². The highest BCUT2D eigenvalue weighted by molar-refractivity contribution is 5.99. The number of piperazine rings is 1. The summed E-state index contributed by atoms with van der Waals surface area (Å²) >= 11 is 0. The van der Waals surface area contributed by atoms with E-state index in [1.54, 1.807) is 0 Å². The van der Waals surface area contributed by atoms with Gasteiger partial charge in [0.25, 0.3) is 0 Å². The van der Waals surface area contributed by atoms with E-state index >= 15 is 0 Å². The zero-order valence-corrected chi connectivity index (χ0v) is 22.5. The molecule has 6 heterocycles. The van der Waals surface area contributed by atoms with E-state index in [9.17, 15) is 0 Å². The summed E-state index contributed by atoms with van der Waals surface area (Å²) in [5.74, 6) is 1.86. The number of aromatic nitrogens is 6. The fourth-order valence-corrected chi connectivity index (χ4v) is 6.08. The van der Waals surface area contributed by atoms with E-state index in [4.69, 9.17) is 9.97 Å². The molecule has 2 aliphatic rings. The Labute approximate surface area is 228 Å². The van der Waals surface area contributed by atoms with Crippen molar-refractivity contribution in [3.63, 3.8) is 0 Å². The molecule has 200 valence electrons. The molecule has 39 heavy (non-hydrogen) atoms. The molecule has 0 unspecified atom stereocenters. The molecule has 9 nitrogen and oxygen atoms in total. The fraction of sp³-hybridized carbons (Fsp3) is 0.400. The lowest BCUT2D eigenvalue weighted by Crippen LogP contribution is -2.44. The Kier molecular flexibility index (Phi) is 6.46. The number of likely N-dealkylation sites (N-methyl/N-ethyl adjacent to an activating group) is 1. The lowest BCUT2D eigenvalue weighted by molar-refractivity contribution is 0.312. The van der Waals surface area contributed by atoms with Crippen molar-refractivity contribution < 1.29 is 0 Å². The van der Waals surface area contributed by atoms with Gasteiger partial charge in [-0.2, -0.15) is 5.10 Å². The van der Waals surface area contributed by atoms with E-state index in [0.717, 1.165) is 95.5 Å². The SMILES string of the molecule is CN1CCN(c2nccc3[nH]c(-c4n[nH]c5ncc(-c6cncc(CNCC7CCCC7)c6)cc45)cc23)CC1. The Bertz CT molecular complexity index is 1590. The molecule has 5 aromatic heterocycles. The highest BCUT2D eigenvalue weighted by Crippen LogP contribution is 2.33. The molecule has 3 N–H and O–H groups in total. The molecule has 1 saturated carbocycles. The summed E-state index contributed by atoms with van der Waals surface area (Å²) in [4.78, 5) is 22.3. The fourth-order valence-electron chi connectivity index (χ4n) is 6.08. The van der Waals surface area contributed by atoms with Crippen LogP contribution in [0, 0.1) is 5.92 Å². The Hall–Kier alpha value is -3.82. The molecule has 5 aromatic rings. The molecule has 2 fully saturated rings. The van der Waals surface area contributed by atoms with Crippen LogP contribution in [0.1, 0.15) is 31.2 Å². The number of hydrogen-bond donors (Lipinski definition) is 3. The third-order valence-corrected chi connectivity index (χ3v) is 8.37. The number of H-pyrrole nitrogens is 2. The summed E-state index contributed by atoms with van der Waals surface area (Å²) < 4.78 is 0. The second kappa shape index (κ2) is 10.4. The van der Waals surface area contributed by atoms with Crippen LogP contribution in [0.5, 0.6) is 0 Å². The van der Waals surface area contributed by atoms with Crippen molar-refractivity contribution in [2.75, 3.05) is 44.7 Å². The predicted octanol–water partition coefficient (Wildman–Crippen LogP) is 4.59. The summed E-state index contributed by atoms with van der Waals surface area (Å²) in [6.45, 7) is 5.96. The minimum Gasteiger partial charge on any atom is -0.353 e. The van der Waals surface area contributed by atoms with Gasteiger partial charge < -0.3 is 20.1 Å². The minimum atomic E-state index is 0.771. The Balaban J connectivity index is 1.17. The Morgan fingerprint density at radius 3 is 2.67 bits per heavy atom. The maximum Gasteiger partial charge on any atom is 0.155 e. The molecule has 1 aliphatic carbocycles. The standard InChI is InChI=1S/C30H35N9/c1-38-8-10-39(11-9-38)30-24-14-27(35-26(24)6-7-33-30)28-25-13-23(19-34-29(25)37-36-28)22-12-21(17-32-18-22)16-31-15-20-4-2-3-5-20/h6-7,12-14,17-20,31,35H,2-5,8-11,15-16H2,1H3,(H,34,36,37). The maximum absolute atomic E-state index is 4.75. The van der Waals surface area contributed by atoms with E-state index < -0.39 is 0 Å². The lowest BCUT2D eigenvalue weighted by atomic mass is 10.1. The van der Waals surface area contributed by atoms with Crippen molar-refractivity contribution >= 4 is 27.8 Å². The molecule has 7 rings (SSSR count). The molecule has 9 heteroatoms. The molecule has 0 atom stereocenters. The number of nitrogens with zero attached hydrogens (tertiary/aromatic N) is 6. The second-order valence-electron chi connectivity index (χ2n) is 11.1. The first-order valence-electron chi connectivity index (χ1n) is 14.1. The van der Waals surface area contributed by atoms with Crippen LogP contribution in [0.2, 0.25) is 0 Å². The van der Waals surface area contributed by atoms with Crippen LogP contribution in [0.25, 0.3) is 44.5 Å². The first-order valence-corrected chi connectivity index (χ1v) is 14.1. The maximum atomic E-state index is 4.75. The van der Waals surface area contributed by atoms with Crippen molar-refractivity contribution in [2.24, 2.45) is 5.92 Å². The predicted molar refractivity (Wildman–Crippen MR) is 156 cm³/mol. The molecule has 0 spiro atoms. The zero-order chi connectivity index (χ0) is 26.2. The smallest absolute Gasteiger partial charge is 0.155 e. The molecule has 0 radical (unpaired) electrons. The van der Waals surface area contributed by atoms with Gasteiger partial charge in [0.05, 0.1) is 11.2 Å². The van der Waals surface area contributed by atoms with Crippen LogP contribution in [0.3, 0.4) is 0 Å². The van der Waals surface area contributed by atoms with E-state index in [0.29, 0.717) is 0 Å². The summed E-state index contributed by atoms with van der Waals surface area (Å²) in [6, 6.07) is 8.60. The number of pyridine rings is 3. The number of aromatic amines is 2. The van der Waals surface area contributed by atoms with Gasteiger partial charge in [0.15, 0.2) is 5.65 Å². The van der Waals surface area contributed by atoms with Gasteiger partial charge in [-0.05, 0) is 62.2 Å². The van der Waals surface area contributed by atoms with Crippen LogP contribution < -0.4 is 10.2 Å². The van der Waals surface area contributed by atoms with Gasteiger partial charge in [-0.15, -0.1) is 0 Å². The average molecular weight is 522 g/mol. The number of nitrogens with one attached hydrogen (secondary N) is 3. The monoisotopic (exact) mass is 521 g/mol. The van der Waals surface area contributed by atoms with Crippen molar-refractivity contribution in [3.8, 4) is 22.5 Å². The van der Waals surface area contributed by atoms with Crippen molar-refractivity contribution in [1.29, 1.82) is 0 Å².